The van der Waals surface area contributed by atoms with Crippen LogP contribution >= 0.6 is 23.1 Å². The Labute approximate surface area is 160 Å². The number of benzene rings is 1. The van der Waals surface area contributed by atoms with Crippen molar-refractivity contribution in [3.05, 3.63) is 69.8 Å². The van der Waals surface area contributed by atoms with Gasteiger partial charge in [0.1, 0.15) is 0 Å². The maximum Gasteiger partial charge on any atom is 0.284 e. The van der Waals surface area contributed by atoms with Gasteiger partial charge in [0.15, 0.2) is 5.17 Å². The molecule has 1 aliphatic heterocycles. The van der Waals surface area contributed by atoms with Gasteiger partial charge in [0.2, 0.25) is 0 Å². The molecule has 0 unspecified atom stereocenters. The van der Waals surface area contributed by atoms with Crippen LogP contribution in [0, 0.1) is 6.92 Å². The number of carbonyl (C=O) groups excluding carboxylic acids is 1. The van der Waals surface area contributed by atoms with Gasteiger partial charge in [-0.15, -0.1) is 22.3 Å². The monoisotopic (exact) mass is 404 g/mol. The number of nitrogens with zero attached hydrogens (tertiary/aromatic N) is 2. The van der Waals surface area contributed by atoms with Crippen LogP contribution in [0.15, 0.2) is 68.6 Å². The van der Waals surface area contributed by atoms with Gasteiger partial charge in [-0.1, -0.05) is 29.8 Å². The first-order valence-electron chi connectivity index (χ1n) is 7.68. The molecule has 1 aromatic heterocycles. The molecule has 0 spiro atoms. The maximum atomic E-state index is 12.6. The number of thioether (sulfide) groups is 1. The lowest BCUT2D eigenvalue weighted by Crippen LogP contribution is -2.29. The first kappa shape index (κ1) is 18.6. The van der Waals surface area contributed by atoms with E-state index in [-0.39, 0.29) is 22.5 Å². The molecule has 134 valence electrons. The third kappa shape index (κ3) is 3.98. The summed E-state index contributed by atoms with van der Waals surface area (Å²) < 4.78 is 29.1. The lowest BCUT2D eigenvalue weighted by atomic mass is 10.2. The van der Waals surface area contributed by atoms with Crippen molar-refractivity contribution in [3.8, 4) is 0 Å². The van der Waals surface area contributed by atoms with E-state index in [4.69, 9.17) is 0 Å². The van der Waals surface area contributed by atoms with Crippen LogP contribution < -0.4 is 0 Å². The average molecular weight is 405 g/mol. The minimum Gasteiger partial charge on any atom is -0.282 e. The van der Waals surface area contributed by atoms with E-state index in [1.807, 2.05) is 24.4 Å². The second-order valence-electron chi connectivity index (χ2n) is 5.49. The largest absolute Gasteiger partial charge is 0.284 e. The van der Waals surface area contributed by atoms with Crippen molar-refractivity contribution in [1.82, 2.24) is 4.90 Å². The Morgan fingerprint density at radius 1 is 1.23 bits per heavy atom. The molecule has 1 aliphatic rings. The first-order chi connectivity index (χ1) is 12.4. The van der Waals surface area contributed by atoms with E-state index in [0.717, 1.165) is 22.2 Å². The molecule has 0 bridgehead atoms. The Kier molecular flexibility index (Phi) is 5.45. The third-order valence-corrected chi connectivity index (χ3v) is 6.76. The Morgan fingerprint density at radius 2 is 1.96 bits per heavy atom. The van der Waals surface area contributed by atoms with E-state index in [1.165, 1.54) is 28.4 Å². The molecule has 1 saturated heterocycles. The zero-order valence-electron chi connectivity index (χ0n) is 14.0. The fourth-order valence-electron chi connectivity index (χ4n) is 2.23. The van der Waals surface area contributed by atoms with Gasteiger partial charge in [0.25, 0.3) is 15.9 Å². The molecule has 0 radical (unpaired) electrons. The molecular weight excluding hydrogens is 388 g/mol. The van der Waals surface area contributed by atoms with Crippen LogP contribution in [-0.2, 0) is 14.8 Å². The molecule has 0 atom stereocenters. The van der Waals surface area contributed by atoms with Crippen molar-refractivity contribution in [3.63, 3.8) is 0 Å². The number of amides is 1. The molecule has 3 rings (SSSR count). The second-order valence-corrected chi connectivity index (χ2v) is 9.08. The Hall–Kier alpha value is -2.16. The number of hydrogen-bond acceptors (Lipinski definition) is 5. The van der Waals surface area contributed by atoms with E-state index < -0.39 is 10.0 Å². The minimum absolute atomic E-state index is 0.0953. The lowest BCUT2D eigenvalue weighted by Gasteiger charge is -2.12. The van der Waals surface area contributed by atoms with Gasteiger partial charge in [-0.25, -0.2) is 0 Å². The van der Waals surface area contributed by atoms with E-state index in [1.54, 1.807) is 24.3 Å². The summed E-state index contributed by atoms with van der Waals surface area (Å²) in [5.41, 5.74) is 0.955. The van der Waals surface area contributed by atoms with Crippen LogP contribution in [0.4, 0.5) is 0 Å². The number of aryl methyl sites for hydroxylation is 1. The molecule has 2 heterocycles. The molecule has 26 heavy (non-hydrogen) atoms. The Morgan fingerprint density at radius 3 is 2.58 bits per heavy atom. The highest BCUT2D eigenvalue weighted by Crippen LogP contribution is 2.34. The van der Waals surface area contributed by atoms with Crippen LogP contribution in [0.2, 0.25) is 0 Å². The number of amidine groups is 1. The molecule has 0 aliphatic carbocycles. The SMILES string of the molecule is C=CCN1C(=O)/C(=C/c2cccs2)SC1=NS(=O)(=O)c1ccc(C)cc1. The van der Waals surface area contributed by atoms with Crippen molar-refractivity contribution >= 4 is 50.3 Å². The minimum atomic E-state index is -3.91. The van der Waals surface area contributed by atoms with Gasteiger partial charge < -0.3 is 0 Å². The van der Waals surface area contributed by atoms with Crippen molar-refractivity contribution in [2.75, 3.05) is 6.54 Å². The van der Waals surface area contributed by atoms with E-state index in [0.29, 0.717) is 4.91 Å². The molecule has 5 nitrogen and oxygen atoms in total. The second kappa shape index (κ2) is 7.61. The molecule has 0 N–H and O–H groups in total. The number of hydrogen-bond donors (Lipinski definition) is 0. The molecule has 2 aromatic rings. The highest BCUT2D eigenvalue weighted by Gasteiger charge is 2.34. The van der Waals surface area contributed by atoms with E-state index in [9.17, 15) is 13.2 Å². The summed E-state index contributed by atoms with van der Waals surface area (Å²) in [6.45, 7) is 5.70. The number of carbonyl (C=O) groups is 1. The van der Waals surface area contributed by atoms with Crippen LogP contribution in [-0.4, -0.2) is 30.9 Å². The van der Waals surface area contributed by atoms with Gasteiger partial charge >= 0.3 is 0 Å². The standard InChI is InChI=1S/C18H16N2O3S3/c1-3-10-20-17(21)16(12-14-5-4-11-24-14)25-18(20)19-26(22,23)15-8-6-13(2)7-9-15/h3-9,11-12H,1,10H2,2H3/b16-12-,19-18?. The highest BCUT2D eigenvalue weighted by atomic mass is 32.2. The smallest absolute Gasteiger partial charge is 0.282 e. The van der Waals surface area contributed by atoms with E-state index >= 15 is 0 Å². The highest BCUT2D eigenvalue weighted by molar-refractivity contribution is 8.19. The predicted octanol–water partition coefficient (Wildman–Crippen LogP) is 3.90. The van der Waals surface area contributed by atoms with Gasteiger partial charge in [-0.05, 0) is 48.3 Å². The van der Waals surface area contributed by atoms with Gasteiger partial charge in [-0.3, -0.25) is 9.69 Å². The van der Waals surface area contributed by atoms with Gasteiger partial charge in [0.05, 0.1) is 9.80 Å². The van der Waals surface area contributed by atoms with Crippen LogP contribution in [0.3, 0.4) is 0 Å². The molecule has 0 saturated carbocycles. The molecule has 1 fully saturated rings. The zero-order chi connectivity index (χ0) is 18.7. The van der Waals surface area contributed by atoms with Gasteiger partial charge in [0, 0.05) is 11.4 Å². The summed E-state index contributed by atoms with van der Waals surface area (Å²) in [6, 6.07) is 10.2. The lowest BCUT2D eigenvalue weighted by molar-refractivity contribution is -0.121. The summed E-state index contributed by atoms with van der Waals surface area (Å²) in [7, 11) is -3.91. The summed E-state index contributed by atoms with van der Waals surface area (Å²) >= 11 is 2.56. The topological polar surface area (TPSA) is 66.8 Å². The predicted molar refractivity (Wildman–Crippen MR) is 108 cm³/mol. The summed E-state index contributed by atoms with van der Waals surface area (Å²) in [4.78, 5) is 15.4. The quantitative estimate of drug-likeness (QED) is 0.560. The Bertz CT molecular complexity index is 989. The van der Waals surface area contributed by atoms with Crippen LogP contribution in [0.25, 0.3) is 6.08 Å². The third-order valence-electron chi connectivity index (χ3n) is 3.53. The fraction of sp³-hybridized carbons (Fsp3) is 0.111. The molecule has 8 heteroatoms. The molecular formula is C18H16N2O3S3. The molecule has 1 amide bonds. The Balaban J connectivity index is 1.98. The van der Waals surface area contributed by atoms with Crippen molar-refractivity contribution in [2.45, 2.75) is 11.8 Å². The van der Waals surface area contributed by atoms with Gasteiger partial charge in [-0.2, -0.15) is 8.42 Å². The van der Waals surface area contributed by atoms with Crippen molar-refractivity contribution in [1.29, 1.82) is 0 Å². The van der Waals surface area contributed by atoms with Crippen LogP contribution in [0.1, 0.15) is 10.4 Å². The zero-order valence-corrected chi connectivity index (χ0v) is 16.4. The average Bonchev–Trinajstić information content (AvgIpc) is 3.20. The van der Waals surface area contributed by atoms with Crippen molar-refractivity contribution < 1.29 is 13.2 Å². The molecule has 1 aromatic carbocycles. The normalized spacial score (nSPS) is 18.0. The summed E-state index contributed by atoms with van der Waals surface area (Å²) in [5.74, 6) is -0.277. The van der Waals surface area contributed by atoms with Crippen molar-refractivity contribution in [2.24, 2.45) is 4.40 Å². The first-order valence-corrected chi connectivity index (χ1v) is 10.8. The summed E-state index contributed by atoms with van der Waals surface area (Å²) in [5, 5.41) is 2.05. The van der Waals surface area contributed by atoms with Crippen LogP contribution in [0.5, 0.6) is 0 Å². The van der Waals surface area contributed by atoms with E-state index in [2.05, 4.69) is 11.0 Å². The number of rotatable bonds is 5. The maximum absolute atomic E-state index is 12.6. The number of thiophene rings is 1. The summed E-state index contributed by atoms with van der Waals surface area (Å²) in [6.07, 6.45) is 3.29. The fourth-order valence-corrected chi connectivity index (χ4v) is 5.15. The number of sulfonamides is 1.